The molecular weight excluding hydrogens is 102 g/mol. The van der Waals surface area contributed by atoms with Gasteiger partial charge in [0.1, 0.15) is 0 Å². The normalized spacial score (nSPS) is 45.0. The van der Waals surface area contributed by atoms with Crippen LogP contribution in [0.25, 0.3) is 0 Å². The van der Waals surface area contributed by atoms with Gasteiger partial charge in [-0.25, -0.2) is 0 Å². The maximum absolute atomic E-state index is 5.27. The van der Waals surface area contributed by atoms with E-state index in [-0.39, 0.29) is 0 Å². The molecule has 0 unspecified atom stereocenters. The van der Waals surface area contributed by atoms with E-state index in [0.717, 1.165) is 25.0 Å². The second-order valence-corrected chi connectivity index (χ2v) is 2.72. The van der Waals surface area contributed by atoms with Crippen molar-refractivity contribution in [2.75, 3.05) is 26.3 Å². The third-order valence-electron chi connectivity index (χ3n) is 2.14. The number of hydrogen-bond acceptors (Lipinski definition) is 2. The van der Waals surface area contributed by atoms with Crippen molar-refractivity contribution in [1.29, 1.82) is 0 Å². The highest BCUT2D eigenvalue weighted by atomic mass is 16.5. The molecule has 2 fully saturated rings. The zero-order valence-electron chi connectivity index (χ0n) is 4.89. The van der Waals surface area contributed by atoms with Crippen molar-refractivity contribution in [1.82, 2.24) is 5.32 Å². The maximum Gasteiger partial charge on any atom is 0.0510 e. The van der Waals surface area contributed by atoms with Crippen LogP contribution in [0.2, 0.25) is 0 Å². The second-order valence-electron chi connectivity index (χ2n) is 2.72. The first-order valence-electron chi connectivity index (χ1n) is 3.25. The molecule has 0 spiro atoms. The number of rotatable bonds is 0. The molecule has 8 heavy (non-hydrogen) atoms. The minimum absolute atomic E-state index is 0.843. The van der Waals surface area contributed by atoms with Gasteiger partial charge in [-0.05, 0) is 0 Å². The maximum atomic E-state index is 5.27. The van der Waals surface area contributed by atoms with Gasteiger partial charge in [-0.15, -0.1) is 0 Å². The van der Waals surface area contributed by atoms with Gasteiger partial charge in [0.2, 0.25) is 0 Å². The smallest absolute Gasteiger partial charge is 0.0510 e. The average Bonchev–Trinajstić information content (AvgIpc) is 2.15. The summed E-state index contributed by atoms with van der Waals surface area (Å²) in [6.45, 7) is 4.37. The highest BCUT2D eigenvalue weighted by Crippen LogP contribution is 2.22. The van der Waals surface area contributed by atoms with Crippen LogP contribution in [0.15, 0.2) is 0 Å². The third kappa shape index (κ3) is 0.565. The molecule has 2 atom stereocenters. The van der Waals surface area contributed by atoms with Gasteiger partial charge < -0.3 is 10.1 Å². The van der Waals surface area contributed by atoms with Gasteiger partial charge in [-0.3, -0.25) is 0 Å². The van der Waals surface area contributed by atoms with Crippen LogP contribution in [0.5, 0.6) is 0 Å². The van der Waals surface area contributed by atoms with E-state index in [1.165, 1.54) is 13.1 Å². The largest absolute Gasteiger partial charge is 0.381 e. The molecule has 2 aliphatic heterocycles. The number of fused-ring (bicyclic) bond motifs is 1. The molecule has 2 heterocycles. The van der Waals surface area contributed by atoms with Crippen LogP contribution in [0, 0.1) is 11.8 Å². The molecule has 0 aromatic heterocycles. The van der Waals surface area contributed by atoms with E-state index >= 15 is 0 Å². The van der Waals surface area contributed by atoms with Crippen molar-refractivity contribution in [3.05, 3.63) is 0 Å². The monoisotopic (exact) mass is 113 g/mol. The summed E-state index contributed by atoms with van der Waals surface area (Å²) in [6.07, 6.45) is 0. The Balaban J connectivity index is 2.04. The summed E-state index contributed by atoms with van der Waals surface area (Å²) in [7, 11) is 0. The van der Waals surface area contributed by atoms with E-state index in [0.29, 0.717) is 0 Å². The number of ether oxygens (including phenoxy) is 1. The highest BCUT2D eigenvalue weighted by Gasteiger charge is 2.31. The molecule has 1 N–H and O–H groups in total. The Hall–Kier alpha value is -0.0800. The molecule has 46 valence electrons. The standard InChI is InChI=1S/C6H11NO/c1-5-3-8-4-6(5)2-7-1/h5-7H,1-4H2/t5-,6+. The lowest BCUT2D eigenvalue weighted by Gasteiger charge is -1.99. The van der Waals surface area contributed by atoms with E-state index in [2.05, 4.69) is 5.32 Å². The van der Waals surface area contributed by atoms with Crippen LogP contribution in [-0.4, -0.2) is 26.3 Å². The lowest BCUT2D eigenvalue weighted by atomic mass is 10.0. The highest BCUT2D eigenvalue weighted by molar-refractivity contribution is 4.84. The van der Waals surface area contributed by atoms with Crippen molar-refractivity contribution in [2.24, 2.45) is 11.8 Å². The fourth-order valence-electron chi connectivity index (χ4n) is 1.55. The number of hydrogen-bond donors (Lipinski definition) is 1. The van der Waals surface area contributed by atoms with Crippen LogP contribution in [0.4, 0.5) is 0 Å². The van der Waals surface area contributed by atoms with E-state index in [9.17, 15) is 0 Å². The van der Waals surface area contributed by atoms with Crippen molar-refractivity contribution in [2.45, 2.75) is 0 Å². The Morgan fingerprint density at radius 1 is 1.12 bits per heavy atom. The molecule has 0 aliphatic carbocycles. The predicted octanol–water partition coefficient (Wildman–Crippen LogP) is -0.148. The lowest BCUT2D eigenvalue weighted by molar-refractivity contribution is 0.175. The minimum atomic E-state index is 0.843. The summed E-state index contributed by atoms with van der Waals surface area (Å²) in [5, 5.41) is 3.34. The molecule has 2 heteroatoms. The molecule has 0 bridgehead atoms. The van der Waals surface area contributed by atoms with Crippen LogP contribution in [0.1, 0.15) is 0 Å². The van der Waals surface area contributed by atoms with Crippen molar-refractivity contribution < 1.29 is 4.74 Å². The van der Waals surface area contributed by atoms with Gasteiger partial charge in [0, 0.05) is 24.9 Å². The van der Waals surface area contributed by atoms with Gasteiger partial charge in [0.05, 0.1) is 13.2 Å². The van der Waals surface area contributed by atoms with Crippen molar-refractivity contribution in [3.63, 3.8) is 0 Å². The summed E-state index contributed by atoms with van der Waals surface area (Å²) in [5.74, 6) is 1.69. The molecule has 0 amide bonds. The molecular formula is C6H11NO. The van der Waals surface area contributed by atoms with Gasteiger partial charge in [0.15, 0.2) is 0 Å². The SMILES string of the molecule is C1NC[C@H]2COC[C@@H]12. The van der Waals surface area contributed by atoms with Crippen LogP contribution in [0.3, 0.4) is 0 Å². The summed E-state index contributed by atoms with van der Waals surface area (Å²) >= 11 is 0. The van der Waals surface area contributed by atoms with Crippen LogP contribution >= 0.6 is 0 Å². The zero-order valence-corrected chi connectivity index (χ0v) is 4.89. The Labute approximate surface area is 49.2 Å². The van der Waals surface area contributed by atoms with E-state index in [1.54, 1.807) is 0 Å². The Bertz CT molecular complexity index is 74.5. The second kappa shape index (κ2) is 1.71. The molecule has 0 radical (unpaired) electrons. The Kier molecular flexibility index (Phi) is 1.02. The average molecular weight is 113 g/mol. The topological polar surface area (TPSA) is 21.3 Å². The third-order valence-corrected chi connectivity index (χ3v) is 2.14. The fraction of sp³-hybridized carbons (Fsp3) is 1.00. The predicted molar refractivity (Wildman–Crippen MR) is 30.7 cm³/mol. The molecule has 0 aromatic rings. The van der Waals surface area contributed by atoms with Gasteiger partial charge in [0.25, 0.3) is 0 Å². The van der Waals surface area contributed by atoms with Crippen molar-refractivity contribution >= 4 is 0 Å². The molecule has 2 nitrogen and oxygen atoms in total. The van der Waals surface area contributed by atoms with E-state index in [1.807, 2.05) is 0 Å². The molecule has 0 saturated carbocycles. The summed E-state index contributed by atoms with van der Waals surface area (Å²) in [5.41, 5.74) is 0. The van der Waals surface area contributed by atoms with Gasteiger partial charge >= 0.3 is 0 Å². The number of nitrogens with one attached hydrogen (secondary N) is 1. The molecule has 2 saturated heterocycles. The molecule has 2 rings (SSSR count). The Morgan fingerprint density at radius 3 is 2.38 bits per heavy atom. The van der Waals surface area contributed by atoms with Crippen LogP contribution < -0.4 is 5.32 Å². The summed E-state index contributed by atoms with van der Waals surface area (Å²) in [6, 6.07) is 0. The quantitative estimate of drug-likeness (QED) is 0.472. The first-order valence-corrected chi connectivity index (χ1v) is 3.25. The molecule has 0 aromatic carbocycles. The van der Waals surface area contributed by atoms with Crippen molar-refractivity contribution in [3.8, 4) is 0 Å². The van der Waals surface area contributed by atoms with E-state index < -0.39 is 0 Å². The van der Waals surface area contributed by atoms with E-state index in [4.69, 9.17) is 4.74 Å². The fourth-order valence-corrected chi connectivity index (χ4v) is 1.55. The minimum Gasteiger partial charge on any atom is -0.381 e. The van der Waals surface area contributed by atoms with Gasteiger partial charge in [-0.1, -0.05) is 0 Å². The summed E-state index contributed by atoms with van der Waals surface area (Å²) < 4.78 is 5.27. The van der Waals surface area contributed by atoms with Crippen LogP contribution in [-0.2, 0) is 4.74 Å². The first-order chi connectivity index (χ1) is 3.97. The zero-order chi connectivity index (χ0) is 5.40. The first kappa shape index (κ1) is 4.77. The molecule has 2 aliphatic rings. The Morgan fingerprint density at radius 2 is 1.75 bits per heavy atom. The lowest BCUT2D eigenvalue weighted by Crippen LogP contribution is -2.11. The summed E-state index contributed by atoms with van der Waals surface area (Å²) in [4.78, 5) is 0. The van der Waals surface area contributed by atoms with Gasteiger partial charge in [-0.2, -0.15) is 0 Å².